The lowest BCUT2D eigenvalue weighted by Gasteiger charge is -2.18. The van der Waals surface area contributed by atoms with Gasteiger partial charge in [0.25, 0.3) is 0 Å². The number of benzene rings is 1. The maximum Gasteiger partial charge on any atom is 0.339 e. The molecule has 0 aliphatic rings. The molecule has 0 aliphatic heterocycles. The third-order valence-corrected chi connectivity index (χ3v) is 5.75. The SMILES string of the molecule is CC[NH+](CC)CCC[C@@H](C)NS(=O)(=O)c1ccccc1C(=O)OC. The molecule has 0 radical (unpaired) electrons. The number of ether oxygens (including phenoxy) is 1. The Labute approximate surface area is 145 Å². The van der Waals surface area contributed by atoms with Crippen LogP contribution >= 0.6 is 0 Å². The van der Waals surface area contributed by atoms with Crippen LogP contribution in [0.2, 0.25) is 0 Å². The molecule has 0 fully saturated rings. The number of esters is 1. The fraction of sp³-hybridized carbons (Fsp3) is 0.588. The third-order valence-electron chi connectivity index (χ3n) is 4.11. The number of sulfonamides is 1. The molecule has 0 aromatic heterocycles. The van der Waals surface area contributed by atoms with E-state index in [1.54, 1.807) is 12.1 Å². The molecule has 7 heteroatoms. The minimum Gasteiger partial charge on any atom is -0.465 e. The summed E-state index contributed by atoms with van der Waals surface area (Å²) in [5.74, 6) is -0.659. The quantitative estimate of drug-likeness (QED) is 0.609. The Hall–Kier alpha value is -1.44. The van der Waals surface area contributed by atoms with Crippen molar-refractivity contribution < 1.29 is 22.8 Å². The van der Waals surface area contributed by atoms with Crippen molar-refractivity contribution in [3.63, 3.8) is 0 Å². The van der Waals surface area contributed by atoms with Crippen LogP contribution in [-0.4, -0.2) is 47.2 Å². The van der Waals surface area contributed by atoms with E-state index in [2.05, 4.69) is 23.3 Å². The van der Waals surface area contributed by atoms with Crippen LogP contribution in [0.5, 0.6) is 0 Å². The van der Waals surface area contributed by atoms with Gasteiger partial charge in [0.1, 0.15) is 0 Å². The molecule has 24 heavy (non-hydrogen) atoms. The van der Waals surface area contributed by atoms with Gasteiger partial charge >= 0.3 is 5.97 Å². The van der Waals surface area contributed by atoms with Crippen LogP contribution in [0.1, 0.15) is 44.0 Å². The van der Waals surface area contributed by atoms with Crippen molar-refractivity contribution in [1.82, 2.24) is 4.72 Å². The standard InChI is InChI=1S/C17H28N2O4S/c1-5-19(6-2)13-9-10-14(3)18-24(21,22)16-12-8-7-11-15(16)17(20)23-4/h7-8,11-12,14,18H,5-6,9-10,13H2,1-4H3/p+1/t14-/m1/s1. The average Bonchev–Trinajstić information content (AvgIpc) is 2.57. The summed E-state index contributed by atoms with van der Waals surface area (Å²) in [7, 11) is -2.53. The fourth-order valence-electron chi connectivity index (χ4n) is 2.63. The molecule has 1 aromatic carbocycles. The summed E-state index contributed by atoms with van der Waals surface area (Å²) in [6.45, 7) is 9.31. The summed E-state index contributed by atoms with van der Waals surface area (Å²) < 4.78 is 32.5. The van der Waals surface area contributed by atoms with Gasteiger partial charge in [-0.2, -0.15) is 0 Å². The zero-order valence-electron chi connectivity index (χ0n) is 15.0. The van der Waals surface area contributed by atoms with Crippen molar-refractivity contribution >= 4 is 16.0 Å². The number of quaternary nitrogens is 1. The number of carbonyl (C=O) groups is 1. The molecule has 0 unspecified atom stereocenters. The molecule has 0 aliphatic carbocycles. The van der Waals surface area contributed by atoms with E-state index < -0.39 is 16.0 Å². The molecule has 0 amide bonds. The Morgan fingerprint density at radius 2 is 1.88 bits per heavy atom. The first-order valence-electron chi connectivity index (χ1n) is 8.38. The summed E-state index contributed by atoms with van der Waals surface area (Å²) in [5, 5.41) is 0. The molecule has 0 heterocycles. The molecule has 0 saturated carbocycles. The van der Waals surface area contributed by atoms with Crippen molar-refractivity contribution in [3.8, 4) is 0 Å². The van der Waals surface area contributed by atoms with Gasteiger partial charge in [-0.15, -0.1) is 0 Å². The van der Waals surface area contributed by atoms with E-state index in [-0.39, 0.29) is 16.5 Å². The minimum atomic E-state index is -3.76. The van der Waals surface area contributed by atoms with Gasteiger partial charge in [-0.25, -0.2) is 17.9 Å². The Balaban J connectivity index is 2.75. The first-order valence-corrected chi connectivity index (χ1v) is 9.87. The van der Waals surface area contributed by atoms with E-state index in [1.165, 1.54) is 24.1 Å². The Morgan fingerprint density at radius 3 is 2.46 bits per heavy atom. The second kappa shape index (κ2) is 9.76. The van der Waals surface area contributed by atoms with Crippen molar-refractivity contribution in [1.29, 1.82) is 0 Å². The topological polar surface area (TPSA) is 76.9 Å². The maximum atomic E-state index is 12.6. The van der Waals surface area contributed by atoms with Crippen LogP contribution in [0.25, 0.3) is 0 Å². The molecule has 0 spiro atoms. The largest absolute Gasteiger partial charge is 0.465 e. The normalized spacial score (nSPS) is 13.0. The van der Waals surface area contributed by atoms with Crippen LogP contribution in [-0.2, 0) is 14.8 Å². The molecule has 0 saturated heterocycles. The van der Waals surface area contributed by atoms with Gasteiger partial charge in [0.15, 0.2) is 0 Å². The summed E-state index contributed by atoms with van der Waals surface area (Å²) in [6, 6.07) is 5.88. The molecular formula is C17H29N2O4S+. The summed E-state index contributed by atoms with van der Waals surface area (Å²) in [4.78, 5) is 13.2. The highest BCUT2D eigenvalue weighted by Crippen LogP contribution is 2.17. The van der Waals surface area contributed by atoms with Crippen LogP contribution in [0.3, 0.4) is 0 Å². The monoisotopic (exact) mass is 357 g/mol. The lowest BCUT2D eigenvalue weighted by molar-refractivity contribution is -0.896. The number of hydrogen-bond donors (Lipinski definition) is 2. The second-order valence-electron chi connectivity index (χ2n) is 5.86. The molecule has 0 bridgehead atoms. The summed E-state index contributed by atoms with van der Waals surface area (Å²) >= 11 is 0. The van der Waals surface area contributed by atoms with Gasteiger partial charge in [-0.05, 0) is 45.7 Å². The van der Waals surface area contributed by atoms with Crippen molar-refractivity contribution in [2.24, 2.45) is 0 Å². The lowest BCUT2D eigenvalue weighted by Crippen LogP contribution is -3.11. The molecule has 1 rings (SSSR count). The highest BCUT2D eigenvalue weighted by atomic mass is 32.2. The van der Waals surface area contributed by atoms with Gasteiger partial charge < -0.3 is 9.64 Å². The minimum absolute atomic E-state index is 0.0435. The van der Waals surface area contributed by atoms with Crippen molar-refractivity contribution in [2.75, 3.05) is 26.7 Å². The Morgan fingerprint density at radius 1 is 1.25 bits per heavy atom. The van der Waals surface area contributed by atoms with Gasteiger partial charge in [-0.3, -0.25) is 0 Å². The number of nitrogens with one attached hydrogen (secondary N) is 2. The second-order valence-corrected chi connectivity index (χ2v) is 7.54. The van der Waals surface area contributed by atoms with E-state index in [9.17, 15) is 13.2 Å². The fourth-order valence-corrected chi connectivity index (χ4v) is 4.10. The van der Waals surface area contributed by atoms with E-state index in [0.29, 0.717) is 0 Å². The van der Waals surface area contributed by atoms with Gasteiger partial charge in [0, 0.05) is 6.04 Å². The molecular weight excluding hydrogens is 328 g/mol. The first-order chi connectivity index (χ1) is 11.4. The first kappa shape index (κ1) is 20.6. The molecule has 6 nitrogen and oxygen atoms in total. The Kier molecular flexibility index (Phi) is 8.38. The average molecular weight is 357 g/mol. The zero-order valence-corrected chi connectivity index (χ0v) is 15.8. The summed E-state index contributed by atoms with van der Waals surface area (Å²) in [6.07, 6.45) is 1.70. The Bertz CT molecular complexity index is 627. The van der Waals surface area contributed by atoms with Gasteiger partial charge in [0.05, 0.1) is 37.2 Å². The third kappa shape index (κ3) is 5.89. The number of carbonyl (C=O) groups excluding carboxylic acids is 1. The van der Waals surface area contributed by atoms with Gasteiger partial charge in [-0.1, -0.05) is 12.1 Å². The predicted molar refractivity (Wildman–Crippen MR) is 93.7 cm³/mol. The lowest BCUT2D eigenvalue weighted by atomic mass is 10.2. The molecule has 1 aromatic rings. The van der Waals surface area contributed by atoms with Crippen molar-refractivity contribution in [3.05, 3.63) is 29.8 Å². The summed E-state index contributed by atoms with van der Waals surface area (Å²) in [5.41, 5.74) is 0.0484. The predicted octanol–water partition coefficient (Wildman–Crippen LogP) is 0.845. The van der Waals surface area contributed by atoms with Crippen LogP contribution in [0, 0.1) is 0 Å². The van der Waals surface area contributed by atoms with E-state index in [0.717, 1.165) is 32.5 Å². The molecule has 1 atom stereocenters. The highest BCUT2D eigenvalue weighted by Gasteiger charge is 2.24. The highest BCUT2D eigenvalue weighted by molar-refractivity contribution is 7.89. The van der Waals surface area contributed by atoms with E-state index in [1.807, 2.05) is 6.92 Å². The smallest absolute Gasteiger partial charge is 0.339 e. The van der Waals surface area contributed by atoms with E-state index >= 15 is 0 Å². The van der Waals surface area contributed by atoms with Crippen LogP contribution < -0.4 is 9.62 Å². The number of hydrogen-bond acceptors (Lipinski definition) is 4. The number of rotatable bonds is 10. The number of methoxy groups -OCH3 is 1. The van der Waals surface area contributed by atoms with Crippen molar-refractivity contribution in [2.45, 2.75) is 44.6 Å². The van der Waals surface area contributed by atoms with E-state index in [4.69, 9.17) is 0 Å². The van der Waals surface area contributed by atoms with Crippen LogP contribution in [0.4, 0.5) is 0 Å². The molecule has 2 N–H and O–H groups in total. The maximum absolute atomic E-state index is 12.6. The van der Waals surface area contributed by atoms with Gasteiger partial charge in [0.2, 0.25) is 10.0 Å². The van der Waals surface area contributed by atoms with Crippen LogP contribution in [0.15, 0.2) is 29.2 Å². The zero-order chi connectivity index (χ0) is 18.2. The molecule has 136 valence electrons.